The summed E-state index contributed by atoms with van der Waals surface area (Å²) in [7, 11) is 0. The second-order valence-electron chi connectivity index (χ2n) is 9.13. The summed E-state index contributed by atoms with van der Waals surface area (Å²) in [6, 6.07) is 6.13. The Hall–Kier alpha value is -3.01. The maximum absolute atomic E-state index is 12.5. The number of urea groups is 1. The summed E-state index contributed by atoms with van der Waals surface area (Å²) in [5, 5.41) is 8.53. The van der Waals surface area contributed by atoms with Gasteiger partial charge in [0.05, 0.1) is 5.01 Å². The van der Waals surface area contributed by atoms with Crippen LogP contribution >= 0.6 is 11.3 Å². The lowest BCUT2D eigenvalue weighted by Crippen LogP contribution is -2.44. The van der Waals surface area contributed by atoms with Crippen molar-refractivity contribution >= 4 is 23.3 Å². The quantitative estimate of drug-likeness (QED) is 0.432. The van der Waals surface area contributed by atoms with E-state index in [4.69, 9.17) is 0 Å². The van der Waals surface area contributed by atoms with E-state index in [1.807, 2.05) is 4.90 Å². The van der Waals surface area contributed by atoms with E-state index < -0.39 is 6.61 Å². The number of ether oxygens (including phenoxy) is 1. The van der Waals surface area contributed by atoms with Crippen LogP contribution < -0.4 is 15.4 Å². The number of nitrogens with one attached hydrogen (secondary N) is 2. The van der Waals surface area contributed by atoms with Gasteiger partial charge in [-0.05, 0) is 62.6 Å². The fraction of sp³-hybridized carbons (Fsp3) is 0.500. The molecule has 0 unspecified atom stereocenters. The molecule has 1 aliphatic carbocycles. The molecule has 1 aliphatic heterocycles. The Labute approximate surface area is 213 Å². The number of aromatic nitrogens is 1. The summed E-state index contributed by atoms with van der Waals surface area (Å²) in [4.78, 5) is 31.5. The molecule has 36 heavy (non-hydrogen) atoms. The molecule has 1 aromatic heterocycles. The largest absolute Gasteiger partial charge is 0.435 e. The lowest BCUT2D eigenvalue weighted by Gasteiger charge is -2.31. The number of hydrogen-bond acceptors (Lipinski definition) is 5. The van der Waals surface area contributed by atoms with Crippen molar-refractivity contribution in [1.82, 2.24) is 20.5 Å². The fourth-order valence-corrected chi connectivity index (χ4v) is 5.52. The molecule has 0 bridgehead atoms. The van der Waals surface area contributed by atoms with Gasteiger partial charge in [0.15, 0.2) is 0 Å². The van der Waals surface area contributed by atoms with Crippen LogP contribution in [0.25, 0.3) is 0 Å². The van der Waals surface area contributed by atoms with Crippen molar-refractivity contribution in [2.45, 2.75) is 64.0 Å². The standard InChI is InChI=1S/C26H32F2N4O3S/c27-25(28)35-21-8-6-19(7-9-21)16-30-23(33)22-17-36-24(31-22)20-11-14-32(15-12-20)26(34)29-13-10-18-4-2-1-3-5-18/h4,6-9,17,20,25H,1-3,5,10-16H2,(H,29,34)(H,30,33). The summed E-state index contributed by atoms with van der Waals surface area (Å²) < 4.78 is 28.8. The number of rotatable bonds is 9. The van der Waals surface area contributed by atoms with Crippen molar-refractivity contribution in [3.63, 3.8) is 0 Å². The summed E-state index contributed by atoms with van der Waals surface area (Å²) in [5.41, 5.74) is 2.59. The van der Waals surface area contributed by atoms with E-state index in [-0.39, 0.29) is 30.2 Å². The van der Waals surface area contributed by atoms with Crippen LogP contribution in [0, 0.1) is 0 Å². The summed E-state index contributed by atoms with van der Waals surface area (Å²) in [6.45, 7) is -0.584. The van der Waals surface area contributed by atoms with Crippen molar-refractivity contribution in [3.8, 4) is 5.75 Å². The normalized spacial score (nSPS) is 16.5. The van der Waals surface area contributed by atoms with E-state index in [2.05, 4.69) is 26.4 Å². The Morgan fingerprint density at radius 2 is 1.92 bits per heavy atom. The lowest BCUT2D eigenvalue weighted by molar-refractivity contribution is -0.0498. The summed E-state index contributed by atoms with van der Waals surface area (Å²) in [6.07, 6.45) is 9.73. The van der Waals surface area contributed by atoms with Gasteiger partial charge in [0.1, 0.15) is 11.4 Å². The third-order valence-corrected chi connectivity index (χ3v) is 7.60. The van der Waals surface area contributed by atoms with Crippen LogP contribution in [-0.2, 0) is 6.54 Å². The van der Waals surface area contributed by atoms with Crippen molar-refractivity contribution < 1.29 is 23.1 Å². The number of benzene rings is 1. The van der Waals surface area contributed by atoms with Crippen molar-refractivity contribution in [2.75, 3.05) is 19.6 Å². The monoisotopic (exact) mass is 518 g/mol. The molecular formula is C26H32F2N4O3S. The van der Waals surface area contributed by atoms with Gasteiger partial charge < -0.3 is 20.3 Å². The molecule has 1 saturated heterocycles. The van der Waals surface area contributed by atoms with Crippen LogP contribution in [0.1, 0.15) is 71.9 Å². The van der Waals surface area contributed by atoms with E-state index in [0.717, 1.165) is 42.7 Å². The van der Waals surface area contributed by atoms with E-state index in [1.54, 1.807) is 17.5 Å². The number of allylic oxidation sites excluding steroid dienone is 1. The van der Waals surface area contributed by atoms with Gasteiger partial charge in [0.25, 0.3) is 5.91 Å². The minimum atomic E-state index is -2.87. The number of piperidine rings is 1. The van der Waals surface area contributed by atoms with Crippen LogP contribution in [0.5, 0.6) is 5.75 Å². The number of alkyl halides is 2. The molecule has 2 N–H and O–H groups in total. The molecule has 0 spiro atoms. The molecule has 7 nitrogen and oxygen atoms in total. The molecule has 194 valence electrons. The molecule has 2 aromatic rings. The van der Waals surface area contributed by atoms with Crippen LogP contribution in [0.3, 0.4) is 0 Å². The molecule has 3 amide bonds. The number of likely N-dealkylation sites (tertiary alicyclic amines) is 1. The molecule has 0 radical (unpaired) electrons. The number of hydrogen-bond donors (Lipinski definition) is 2. The van der Waals surface area contributed by atoms with E-state index in [0.29, 0.717) is 25.3 Å². The molecule has 4 rings (SSSR count). The predicted molar refractivity (Wildman–Crippen MR) is 134 cm³/mol. The van der Waals surface area contributed by atoms with E-state index in [9.17, 15) is 18.4 Å². The number of nitrogens with zero attached hydrogens (tertiary/aromatic N) is 2. The molecule has 0 saturated carbocycles. The molecule has 2 aliphatic rings. The molecule has 1 fully saturated rings. The third-order valence-electron chi connectivity index (χ3n) is 6.59. The number of amides is 3. The maximum atomic E-state index is 12.5. The Kier molecular flexibility index (Phi) is 9.27. The zero-order valence-electron chi connectivity index (χ0n) is 20.2. The van der Waals surface area contributed by atoms with Crippen molar-refractivity contribution in [3.05, 3.63) is 57.6 Å². The number of thiazole rings is 1. The molecule has 10 heteroatoms. The summed E-state index contributed by atoms with van der Waals surface area (Å²) in [5.74, 6) is 0.0236. The average Bonchev–Trinajstić information content (AvgIpc) is 3.39. The highest BCUT2D eigenvalue weighted by Gasteiger charge is 2.26. The lowest BCUT2D eigenvalue weighted by atomic mass is 9.97. The highest BCUT2D eigenvalue weighted by molar-refractivity contribution is 7.09. The fourth-order valence-electron chi connectivity index (χ4n) is 4.54. The highest BCUT2D eigenvalue weighted by atomic mass is 32.1. The zero-order chi connectivity index (χ0) is 25.3. The Morgan fingerprint density at radius 3 is 2.61 bits per heavy atom. The minimum Gasteiger partial charge on any atom is -0.435 e. The van der Waals surface area contributed by atoms with E-state index in [1.165, 1.54) is 41.9 Å². The number of halogens is 2. The topological polar surface area (TPSA) is 83.6 Å². The summed E-state index contributed by atoms with van der Waals surface area (Å²) >= 11 is 1.47. The average molecular weight is 519 g/mol. The second-order valence-corrected chi connectivity index (χ2v) is 10.0. The smallest absolute Gasteiger partial charge is 0.387 e. The van der Waals surface area contributed by atoms with Gasteiger partial charge in [-0.15, -0.1) is 11.3 Å². The predicted octanol–water partition coefficient (Wildman–Crippen LogP) is 5.45. The van der Waals surface area contributed by atoms with Gasteiger partial charge >= 0.3 is 12.6 Å². The van der Waals surface area contributed by atoms with Crippen LogP contribution in [-0.4, -0.2) is 48.1 Å². The number of carbonyl (C=O) groups excluding carboxylic acids is 2. The van der Waals surface area contributed by atoms with Crippen molar-refractivity contribution in [2.24, 2.45) is 0 Å². The molecular weight excluding hydrogens is 486 g/mol. The van der Waals surface area contributed by atoms with Crippen LogP contribution in [0.4, 0.5) is 13.6 Å². The van der Waals surface area contributed by atoms with Gasteiger partial charge in [-0.1, -0.05) is 23.8 Å². The maximum Gasteiger partial charge on any atom is 0.387 e. The highest BCUT2D eigenvalue weighted by Crippen LogP contribution is 2.30. The first kappa shape index (κ1) is 26.1. The van der Waals surface area contributed by atoms with Gasteiger partial charge in [-0.3, -0.25) is 4.79 Å². The SMILES string of the molecule is O=C(NCc1ccc(OC(F)F)cc1)c1csc(C2CCN(C(=O)NCCC3=CCCCC3)CC2)n1. The van der Waals surface area contributed by atoms with Crippen LogP contribution in [0.2, 0.25) is 0 Å². The first-order valence-corrected chi connectivity index (χ1v) is 13.3. The van der Waals surface area contributed by atoms with Gasteiger partial charge in [-0.2, -0.15) is 8.78 Å². The van der Waals surface area contributed by atoms with Crippen molar-refractivity contribution in [1.29, 1.82) is 0 Å². The minimum absolute atomic E-state index is 0.00198. The number of carbonyl (C=O) groups is 2. The molecule has 0 atom stereocenters. The van der Waals surface area contributed by atoms with Crippen LogP contribution in [0.15, 0.2) is 41.3 Å². The first-order valence-electron chi connectivity index (χ1n) is 12.5. The van der Waals surface area contributed by atoms with E-state index >= 15 is 0 Å². The van der Waals surface area contributed by atoms with Gasteiger partial charge in [0, 0.05) is 37.5 Å². The Balaban J connectivity index is 1.18. The Morgan fingerprint density at radius 1 is 1.14 bits per heavy atom. The first-order chi connectivity index (χ1) is 17.5. The Bertz CT molecular complexity index is 1050. The van der Waals surface area contributed by atoms with Gasteiger partial charge in [0.2, 0.25) is 0 Å². The molecule has 2 heterocycles. The van der Waals surface area contributed by atoms with Gasteiger partial charge in [-0.25, -0.2) is 9.78 Å². The second kappa shape index (κ2) is 12.8. The molecule has 1 aromatic carbocycles. The third kappa shape index (κ3) is 7.49. The zero-order valence-corrected chi connectivity index (χ0v) is 21.0.